The Kier molecular flexibility index (Phi) is 2.95. The van der Waals surface area contributed by atoms with Crippen LogP contribution < -0.4 is 10.6 Å². The third kappa shape index (κ3) is 2.53. The maximum absolute atomic E-state index is 5.59. The second-order valence-electron chi connectivity index (χ2n) is 4.18. The second kappa shape index (κ2) is 4.41. The first kappa shape index (κ1) is 11.4. The van der Waals surface area contributed by atoms with Crippen molar-refractivity contribution in [3.8, 4) is 0 Å². The van der Waals surface area contributed by atoms with E-state index in [1.54, 1.807) is 6.20 Å². The van der Waals surface area contributed by atoms with Gasteiger partial charge in [-0.05, 0) is 43.2 Å². The van der Waals surface area contributed by atoms with Crippen LogP contribution in [-0.4, -0.2) is 17.0 Å². The quantitative estimate of drug-likeness (QED) is 0.857. The van der Waals surface area contributed by atoms with Gasteiger partial charge in [0.2, 0.25) is 5.95 Å². The molecular weight excluding hydrogens is 212 g/mol. The van der Waals surface area contributed by atoms with Gasteiger partial charge in [-0.15, -0.1) is 0 Å². The van der Waals surface area contributed by atoms with E-state index in [0.717, 1.165) is 11.5 Å². The van der Waals surface area contributed by atoms with Gasteiger partial charge in [-0.1, -0.05) is 6.07 Å². The molecule has 0 bridgehead atoms. The number of hydrogen-bond donors (Lipinski definition) is 1. The van der Waals surface area contributed by atoms with E-state index in [-0.39, 0.29) is 0 Å². The summed E-state index contributed by atoms with van der Waals surface area (Å²) in [6, 6.07) is 8.22. The average molecular weight is 228 g/mol. The van der Waals surface area contributed by atoms with Gasteiger partial charge in [-0.2, -0.15) is 4.98 Å². The monoisotopic (exact) mass is 228 g/mol. The Bertz CT molecular complexity index is 516. The standard InChI is InChI=1S/C13H16N4/c1-9-6-10(2)8-11(7-9)17(3)12-4-5-15-13(14)16-12/h4-8H,1-3H3,(H2,14,15,16). The van der Waals surface area contributed by atoms with Gasteiger partial charge in [-0.3, -0.25) is 0 Å². The van der Waals surface area contributed by atoms with Gasteiger partial charge in [0.1, 0.15) is 5.82 Å². The summed E-state index contributed by atoms with van der Waals surface area (Å²) >= 11 is 0. The lowest BCUT2D eigenvalue weighted by molar-refractivity contribution is 1.09. The molecule has 0 saturated carbocycles. The van der Waals surface area contributed by atoms with Gasteiger partial charge in [0.05, 0.1) is 0 Å². The van der Waals surface area contributed by atoms with Crippen molar-refractivity contribution >= 4 is 17.5 Å². The minimum atomic E-state index is 0.290. The van der Waals surface area contributed by atoms with Crippen LogP contribution in [0.1, 0.15) is 11.1 Å². The molecule has 1 heterocycles. The lowest BCUT2D eigenvalue weighted by Crippen LogP contribution is -2.12. The molecule has 0 saturated heterocycles. The lowest BCUT2D eigenvalue weighted by Gasteiger charge is -2.19. The van der Waals surface area contributed by atoms with Crippen molar-refractivity contribution < 1.29 is 0 Å². The summed E-state index contributed by atoms with van der Waals surface area (Å²) in [6.45, 7) is 4.16. The highest BCUT2D eigenvalue weighted by Crippen LogP contribution is 2.23. The highest BCUT2D eigenvalue weighted by molar-refractivity contribution is 5.61. The number of rotatable bonds is 2. The maximum Gasteiger partial charge on any atom is 0.221 e. The van der Waals surface area contributed by atoms with Crippen molar-refractivity contribution in [3.05, 3.63) is 41.6 Å². The van der Waals surface area contributed by atoms with Gasteiger partial charge >= 0.3 is 0 Å². The predicted octanol–water partition coefficient (Wildman–Crippen LogP) is 2.44. The molecule has 2 aromatic rings. The van der Waals surface area contributed by atoms with Crippen molar-refractivity contribution in [3.63, 3.8) is 0 Å². The first-order valence-corrected chi connectivity index (χ1v) is 5.47. The first-order valence-electron chi connectivity index (χ1n) is 5.47. The zero-order valence-electron chi connectivity index (χ0n) is 10.3. The average Bonchev–Trinajstić information content (AvgIpc) is 2.26. The van der Waals surface area contributed by atoms with E-state index in [1.807, 2.05) is 18.0 Å². The molecule has 0 spiro atoms. The lowest BCUT2D eigenvalue weighted by atomic mass is 10.1. The molecule has 2 N–H and O–H groups in total. The Balaban J connectivity index is 2.39. The number of nitrogen functional groups attached to an aromatic ring is 1. The second-order valence-corrected chi connectivity index (χ2v) is 4.18. The van der Waals surface area contributed by atoms with Crippen molar-refractivity contribution in [2.24, 2.45) is 0 Å². The molecule has 88 valence electrons. The van der Waals surface area contributed by atoms with Crippen LogP contribution in [0.5, 0.6) is 0 Å². The highest BCUT2D eigenvalue weighted by Gasteiger charge is 2.06. The number of aryl methyl sites for hydroxylation is 2. The summed E-state index contributed by atoms with van der Waals surface area (Å²) in [5.41, 5.74) is 9.14. The third-order valence-corrected chi connectivity index (χ3v) is 2.60. The van der Waals surface area contributed by atoms with Crippen LogP contribution in [0.4, 0.5) is 17.5 Å². The van der Waals surface area contributed by atoms with Crippen molar-refractivity contribution in [1.29, 1.82) is 0 Å². The van der Waals surface area contributed by atoms with Crippen molar-refractivity contribution in [1.82, 2.24) is 9.97 Å². The predicted molar refractivity (Wildman–Crippen MR) is 70.4 cm³/mol. The molecule has 0 aliphatic rings. The summed E-state index contributed by atoms with van der Waals surface area (Å²) in [5.74, 6) is 1.08. The normalized spacial score (nSPS) is 10.3. The van der Waals surface area contributed by atoms with Crippen LogP contribution in [0.2, 0.25) is 0 Å². The summed E-state index contributed by atoms with van der Waals surface area (Å²) in [6.07, 6.45) is 1.66. The fourth-order valence-corrected chi connectivity index (χ4v) is 1.83. The Morgan fingerprint density at radius 3 is 2.35 bits per heavy atom. The van der Waals surface area contributed by atoms with Crippen LogP contribution in [0, 0.1) is 13.8 Å². The molecule has 0 amide bonds. The first-order chi connectivity index (χ1) is 8.06. The molecule has 0 aliphatic carbocycles. The van der Waals surface area contributed by atoms with E-state index in [4.69, 9.17) is 5.73 Å². The van der Waals surface area contributed by atoms with Gasteiger partial charge < -0.3 is 10.6 Å². The smallest absolute Gasteiger partial charge is 0.221 e. The number of nitrogens with zero attached hydrogens (tertiary/aromatic N) is 3. The maximum atomic E-state index is 5.59. The number of hydrogen-bond acceptors (Lipinski definition) is 4. The van der Waals surface area contributed by atoms with Crippen LogP contribution in [0.15, 0.2) is 30.5 Å². The van der Waals surface area contributed by atoms with Crippen LogP contribution in [-0.2, 0) is 0 Å². The zero-order chi connectivity index (χ0) is 12.4. The Morgan fingerprint density at radius 2 is 1.76 bits per heavy atom. The van der Waals surface area contributed by atoms with E-state index in [1.165, 1.54) is 11.1 Å². The van der Waals surface area contributed by atoms with Gasteiger partial charge in [0, 0.05) is 18.9 Å². The molecule has 0 atom stereocenters. The largest absolute Gasteiger partial charge is 0.368 e. The molecule has 2 rings (SSSR count). The number of nitrogens with two attached hydrogens (primary N) is 1. The van der Waals surface area contributed by atoms with E-state index in [0.29, 0.717) is 5.95 Å². The van der Waals surface area contributed by atoms with Gasteiger partial charge in [0.25, 0.3) is 0 Å². The van der Waals surface area contributed by atoms with Crippen LogP contribution in [0.25, 0.3) is 0 Å². The third-order valence-electron chi connectivity index (χ3n) is 2.60. The molecule has 0 unspecified atom stereocenters. The summed E-state index contributed by atoms with van der Waals surface area (Å²) in [7, 11) is 1.97. The fraction of sp³-hybridized carbons (Fsp3) is 0.231. The molecule has 4 nitrogen and oxygen atoms in total. The SMILES string of the molecule is Cc1cc(C)cc(N(C)c2ccnc(N)n2)c1. The Hall–Kier alpha value is -2.10. The molecule has 17 heavy (non-hydrogen) atoms. The number of benzene rings is 1. The van der Waals surface area contributed by atoms with Gasteiger partial charge in [0.15, 0.2) is 0 Å². The minimum absolute atomic E-state index is 0.290. The summed E-state index contributed by atoms with van der Waals surface area (Å²) < 4.78 is 0. The Labute approximate surface area is 101 Å². The molecule has 0 radical (unpaired) electrons. The molecule has 0 aliphatic heterocycles. The molecule has 1 aromatic heterocycles. The van der Waals surface area contributed by atoms with E-state index in [2.05, 4.69) is 42.0 Å². The molecule has 0 fully saturated rings. The fourth-order valence-electron chi connectivity index (χ4n) is 1.83. The van der Waals surface area contributed by atoms with Crippen LogP contribution in [0.3, 0.4) is 0 Å². The number of anilines is 3. The molecule has 1 aromatic carbocycles. The van der Waals surface area contributed by atoms with E-state index in [9.17, 15) is 0 Å². The Morgan fingerprint density at radius 1 is 1.12 bits per heavy atom. The molecule has 4 heteroatoms. The minimum Gasteiger partial charge on any atom is -0.368 e. The topological polar surface area (TPSA) is 55.0 Å². The van der Waals surface area contributed by atoms with Crippen molar-refractivity contribution in [2.45, 2.75) is 13.8 Å². The van der Waals surface area contributed by atoms with E-state index < -0.39 is 0 Å². The zero-order valence-corrected chi connectivity index (χ0v) is 10.3. The molecular formula is C13H16N4. The summed E-state index contributed by atoms with van der Waals surface area (Å²) in [5, 5.41) is 0. The van der Waals surface area contributed by atoms with Crippen molar-refractivity contribution in [2.75, 3.05) is 17.7 Å². The number of aromatic nitrogens is 2. The van der Waals surface area contributed by atoms with E-state index >= 15 is 0 Å². The highest BCUT2D eigenvalue weighted by atomic mass is 15.2. The summed E-state index contributed by atoms with van der Waals surface area (Å²) in [4.78, 5) is 10.1. The van der Waals surface area contributed by atoms with Crippen LogP contribution >= 0.6 is 0 Å². The van der Waals surface area contributed by atoms with Gasteiger partial charge in [-0.25, -0.2) is 4.98 Å².